The van der Waals surface area contributed by atoms with Gasteiger partial charge in [-0.25, -0.2) is 0 Å². The summed E-state index contributed by atoms with van der Waals surface area (Å²) < 4.78 is 10.1. The minimum absolute atomic E-state index is 0.0665. The summed E-state index contributed by atoms with van der Waals surface area (Å²) >= 11 is 0. The number of hydrogen-bond acceptors (Lipinski definition) is 4. The smallest absolute Gasteiger partial charge is 0.234 e. The zero-order valence-corrected chi connectivity index (χ0v) is 11.7. The Labute approximate surface area is 119 Å². The van der Waals surface area contributed by atoms with Crippen LogP contribution in [0, 0.1) is 11.3 Å². The predicted octanol–water partition coefficient (Wildman–Crippen LogP) is 2.02. The van der Waals surface area contributed by atoms with E-state index in [9.17, 15) is 4.79 Å². The maximum absolute atomic E-state index is 11.0. The highest BCUT2D eigenvalue weighted by molar-refractivity contribution is 5.77. The van der Waals surface area contributed by atoms with E-state index in [2.05, 4.69) is 5.32 Å². The van der Waals surface area contributed by atoms with Crippen LogP contribution >= 0.6 is 0 Å². The Bertz CT molecular complexity index is 437. The molecule has 0 aliphatic carbocycles. The number of nitrogens with zero attached hydrogens (tertiary/aromatic N) is 1. The molecule has 0 unspecified atom stereocenters. The van der Waals surface area contributed by atoms with Gasteiger partial charge in [0.1, 0.15) is 12.2 Å². The van der Waals surface area contributed by atoms with Crippen molar-refractivity contribution >= 4 is 5.91 Å². The summed E-state index contributed by atoms with van der Waals surface area (Å²) in [5.41, 5.74) is 1.23. The number of hydrogen-bond donors (Lipinski definition) is 1. The Hall–Kier alpha value is -2.06. The Morgan fingerprint density at radius 2 is 2.05 bits per heavy atom. The lowest BCUT2D eigenvalue weighted by Gasteiger charge is -2.06. The molecule has 20 heavy (non-hydrogen) atoms. The third-order valence-electron chi connectivity index (χ3n) is 2.72. The van der Waals surface area contributed by atoms with Crippen LogP contribution < -0.4 is 10.1 Å². The third-order valence-corrected chi connectivity index (χ3v) is 2.72. The Morgan fingerprint density at radius 1 is 1.30 bits per heavy atom. The summed E-state index contributed by atoms with van der Waals surface area (Å²) in [5.74, 6) is 0.589. The molecule has 0 aliphatic rings. The van der Waals surface area contributed by atoms with Gasteiger partial charge in [-0.3, -0.25) is 4.79 Å². The maximum Gasteiger partial charge on any atom is 0.234 e. The number of carbonyl (C=O) groups is 1. The van der Waals surface area contributed by atoms with Crippen molar-refractivity contribution in [2.75, 3.05) is 20.4 Å². The van der Waals surface area contributed by atoms with E-state index >= 15 is 0 Å². The topological polar surface area (TPSA) is 71.3 Å². The van der Waals surface area contributed by atoms with Gasteiger partial charge in [0.25, 0.3) is 0 Å². The van der Waals surface area contributed by atoms with E-state index in [1.807, 2.05) is 30.3 Å². The molecule has 1 N–H and O–H groups in total. The second-order valence-corrected chi connectivity index (χ2v) is 4.34. The van der Waals surface area contributed by atoms with Gasteiger partial charge in [-0.05, 0) is 37.0 Å². The van der Waals surface area contributed by atoms with Gasteiger partial charge < -0.3 is 14.8 Å². The van der Waals surface area contributed by atoms with Gasteiger partial charge in [0, 0.05) is 13.7 Å². The number of nitriles is 1. The fourth-order valence-electron chi connectivity index (χ4n) is 1.70. The second-order valence-electron chi connectivity index (χ2n) is 4.34. The molecule has 1 amide bonds. The van der Waals surface area contributed by atoms with Gasteiger partial charge in [-0.1, -0.05) is 12.1 Å². The molecule has 1 rings (SSSR count). The Kier molecular flexibility index (Phi) is 7.85. The number of methoxy groups -OCH3 is 1. The van der Waals surface area contributed by atoms with E-state index in [-0.39, 0.29) is 19.1 Å². The van der Waals surface area contributed by atoms with Crippen LogP contribution in [-0.2, 0) is 16.0 Å². The van der Waals surface area contributed by atoms with Gasteiger partial charge in [-0.15, -0.1) is 0 Å². The Morgan fingerprint density at radius 3 is 2.70 bits per heavy atom. The molecule has 1 aromatic rings. The molecule has 108 valence electrons. The number of unbranched alkanes of at least 4 members (excludes halogenated alkanes) is 1. The van der Waals surface area contributed by atoms with Crippen molar-refractivity contribution in [3.05, 3.63) is 29.8 Å². The number of carbonyl (C=O) groups excluding carboxylic acids is 1. The van der Waals surface area contributed by atoms with E-state index in [0.717, 1.165) is 25.0 Å². The predicted molar refractivity (Wildman–Crippen MR) is 75.1 cm³/mol. The molecule has 0 aliphatic heterocycles. The lowest BCUT2D eigenvalue weighted by atomic mass is 10.1. The molecule has 5 heteroatoms. The van der Waals surface area contributed by atoms with Crippen LogP contribution in [-0.4, -0.2) is 26.4 Å². The zero-order valence-electron chi connectivity index (χ0n) is 11.7. The van der Waals surface area contributed by atoms with Crippen molar-refractivity contribution in [2.45, 2.75) is 25.7 Å². The highest BCUT2D eigenvalue weighted by Crippen LogP contribution is 2.13. The van der Waals surface area contributed by atoms with Crippen LogP contribution in [0.15, 0.2) is 24.3 Å². The molecule has 0 saturated carbocycles. The lowest BCUT2D eigenvalue weighted by Crippen LogP contribution is -2.23. The minimum atomic E-state index is -0.202. The van der Waals surface area contributed by atoms with Crippen molar-refractivity contribution in [1.82, 2.24) is 5.32 Å². The number of benzene rings is 1. The largest absolute Gasteiger partial charge is 0.468 e. The SMILES string of the molecule is COCOc1ccc(CCCCNC(=O)CC#N)cc1. The molecule has 0 spiro atoms. The second kappa shape index (κ2) is 9.82. The van der Waals surface area contributed by atoms with Crippen LogP contribution in [0.5, 0.6) is 5.75 Å². The molecule has 0 atom stereocenters. The molecule has 0 radical (unpaired) electrons. The van der Waals surface area contributed by atoms with E-state index in [1.54, 1.807) is 7.11 Å². The quantitative estimate of drug-likeness (QED) is 0.553. The van der Waals surface area contributed by atoms with Crippen molar-refractivity contribution in [1.29, 1.82) is 5.26 Å². The van der Waals surface area contributed by atoms with Crippen LogP contribution in [0.4, 0.5) is 0 Å². The normalized spacial score (nSPS) is 9.80. The Balaban J connectivity index is 2.16. The third kappa shape index (κ3) is 6.76. The van der Waals surface area contributed by atoms with Crippen LogP contribution in [0.3, 0.4) is 0 Å². The van der Waals surface area contributed by atoms with E-state index < -0.39 is 0 Å². The number of ether oxygens (including phenoxy) is 2. The molecule has 5 nitrogen and oxygen atoms in total. The van der Waals surface area contributed by atoms with Crippen molar-refractivity contribution in [3.63, 3.8) is 0 Å². The molecule has 0 aromatic heterocycles. The standard InChI is InChI=1S/C15H20N2O3/c1-19-12-20-14-7-5-13(6-8-14)4-2-3-11-17-15(18)9-10-16/h5-8H,2-4,9,11-12H2,1H3,(H,17,18). The summed E-state index contributed by atoms with van der Waals surface area (Å²) in [6.07, 6.45) is 2.78. The molecule has 1 aromatic carbocycles. The van der Waals surface area contributed by atoms with Crippen LogP contribution in [0.2, 0.25) is 0 Å². The van der Waals surface area contributed by atoms with Crippen LogP contribution in [0.1, 0.15) is 24.8 Å². The number of amides is 1. The monoisotopic (exact) mass is 276 g/mol. The fourth-order valence-corrected chi connectivity index (χ4v) is 1.70. The average molecular weight is 276 g/mol. The van der Waals surface area contributed by atoms with Crippen LogP contribution in [0.25, 0.3) is 0 Å². The summed E-state index contributed by atoms with van der Waals surface area (Å²) in [6.45, 7) is 0.872. The van der Waals surface area contributed by atoms with E-state index in [4.69, 9.17) is 14.7 Å². The van der Waals surface area contributed by atoms with Crippen molar-refractivity contribution < 1.29 is 14.3 Å². The van der Waals surface area contributed by atoms with Gasteiger partial charge >= 0.3 is 0 Å². The zero-order chi connectivity index (χ0) is 14.6. The number of rotatable bonds is 9. The lowest BCUT2D eigenvalue weighted by molar-refractivity contribution is -0.120. The van der Waals surface area contributed by atoms with Gasteiger partial charge in [0.15, 0.2) is 6.79 Å². The molecule has 0 bridgehead atoms. The summed E-state index contributed by atoms with van der Waals surface area (Å²) in [7, 11) is 1.59. The average Bonchev–Trinajstić information content (AvgIpc) is 2.46. The number of aryl methyl sites for hydroxylation is 1. The molecular weight excluding hydrogens is 256 g/mol. The first kappa shape index (κ1) is 16.0. The fraction of sp³-hybridized carbons (Fsp3) is 0.467. The molecule has 0 saturated heterocycles. The summed E-state index contributed by atoms with van der Waals surface area (Å²) in [5, 5.41) is 11.0. The number of nitrogens with one attached hydrogen (secondary N) is 1. The first-order valence-corrected chi connectivity index (χ1v) is 6.60. The first-order chi connectivity index (χ1) is 9.76. The summed E-state index contributed by atoms with van der Waals surface area (Å²) in [6, 6.07) is 9.71. The van der Waals surface area contributed by atoms with E-state index in [1.165, 1.54) is 5.56 Å². The summed E-state index contributed by atoms with van der Waals surface area (Å²) in [4.78, 5) is 11.0. The maximum atomic E-state index is 11.0. The van der Waals surface area contributed by atoms with Gasteiger partial charge in [-0.2, -0.15) is 5.26 Å². The van der Waals surface area contributed by atoms with E-state index in [0.29, 0.717) is 6.54 Å². The minimum Gasteiger partial charge on any atom is -0.468 e. The molecule has 0 heterocycles. The highest BCUT2D eigenvalue weighted by Gasteiger charge is 1.99. The highest BCUT2D eigenvalue weighted by atomic mass is 16.7. The van der Waals surface area contributed by atoms with Gasteiger partial charge in [0.05, 0.1) is 6.07 Å². The first-order valence-electron chi connectivity index (χ1n) is 6.60. The molecular formula is C15H20N2O3. The van der Waals surface area contributed by atoms with Crippen molar-refractivity contribution in [3.8, 4) is 11.8 Å². The molecule has 0 fully saturated rings. The van der Waals surface area contributed by atoms with Gasteiger partial charge in [0.2, 0.25) is 5.91 Å². The van der Waals surface area contributed by atoms with Crippen molar-refractivity contribution in [2.24, 2.45) is 0 Å².